The number of nitrogens with two attached hydrogens (primary N) is 1. The summed E-state index contributed by atoms with van der Waals surface area (Å²) in [5, 5.41) is 1.47. The van der Waals surface area contributed by atoms with Crippen LogP contribution in [-0.2, 0) is 6.42 Å². The molecule has 4 nitrogen and oxygen atoms in total. The van der Waals surface area contributed by atoms with E-state index < -0.39 is 0 Å². The van der Waals surface area contributed by atoms with Crippen LogP contribution in [0.2, 0.25) is 5.02 Å². The Bertz CT molecular complexity index is 882. The summed E-state index contributed by atoms with van der Waals surface area (Å²) in [5.41, 5.74) is 9.48. The number of benzene rings is 2. The van der Waals surface area contributed by atoms with E-state index in [1.165, 1.54) is 23.0 Å². The van der Waals surface area contributed by atoms with Gasteiger partial charge >= 0.3 is 0 Å². The SMILES string of the molecule is Nc1c(Sc2ccc(Cl)cc2)ncnc1N1CCc2ccccc21. The molecule has 1 aliphatic rings. The highest BCUT2D eigenvalue weighted by Crippen LogP contribution is 2.40. The van der Waals surface area contributed by atoms with Gasteiger partial charge in [-0.15, -0.1) is 0 Å². The van der Waals surface area contributed by atoms with E-state index in [4.69, 9.17) is 17.3 Å². The fourth-order valence-electron chi connectivity index (χ4n) is 2.84. The molecule has 3 aromatic rings. The van der Waals surface area contributed by atoms with Gasteiger partial charge in [-0.05, 0) is 42.3 Å². The second-order valence-electron chi connectivity index (χ2n) is 5.50. The maximum atomic E-state index is 6.38. The molecule has 0 atom stereocenters. The van der Waals surface area contributed by atoms with Crippen molar-refractivity contribution in [3.8, 4) is 0 Å². The van der Waals surface area contributed by atoms with Crippen LogP contribution in [0.15, 0.2) is 64.8 Å². The summed E-state index contributed by atoms with van der Waals surface area (Å²) in [6, 6.07) is 16.0. The summed E-state index contributed by atoms with van der Waals surface area (Å²) in [4.78, 5) is 12.0. The summed E-state index contributed by atoms with van der Waals surface area (Å²) in [6.07, 6.45) is 2.57. The first-order valence-electron chi connectivity index (χ1n) is 7.62. The summed E-state index contributed by atoms with van der Waals surface area (Å²) in [7, 11) is 0. The number of hydrogen-bond donors (Lipinski definition) is 1. The molecule has 0 unspecified atom stereocenters. The van der Waals surface area contributed by atoms with Crippen molar-refractivity contribution >= 4 is 40.6 Å². The fourth-order valence-corrected chi connectivity index (χ4v) is 3.76. The van der Waals surface area contributed by atoms with E-state index >= 15 is 0 Å². The molecule has 6 heteroatoms. The molecule has 1 aromatic heterocycles. The number of para-hydroxylation sites is 1. The summed E-state index contributed by atoms with van der Waals surface area (Å²) < 4.78 is 0. The lowest BCUT2D eigenvalue weighted by Crippen LogP contribution is -2.17. The van der Waals surface area contributed by atoms with Crippen LogP contribution in [0.25, 0.3) is 0 Å². The highest BCUT2D eigenvalue weighted by Gasteiger charge is 2.24. The van der Waals surface area contributed by atoms with E-state index in [0.29, 0.717) is 10.7 Å². The van der Waals surface area contributed by atoms with Gasteiger partial charge in [0.1, 0.15) is 17.0 Å². The van der Waals surface area contributed by atoms with Gasteiger partial charge < -0.3 is 10.6 Å². The second-order valence-corrected chi connectivity index (χ2v) is 7.00. The lowest BCUT2D eigenvalue weighted by atomic mass is 10.2. The number of anilines is 3. The quantitative estimate of drug-likeness (QED) is 0.699. The Balaban J connectivity index is 1.68. The molecule has 2 N–H and O–H groups in total. The van der Waals surface area contributed by atoms with Crippen LogP contribution in [0.3, 0.4) is 0 Å². The van der Waals surface area contributed by atoms with Crippen LogP contribution >= 0.6 is 23.4 Å². The van der Waals surface area contributed by atoms with E-state index in [-0.39, 0.29) is 0 Å². The van der Waals surface area contributed by atoms with E-state index in [9.17, 15) is 0 Å². The molecule has 0 radical (unpaired) electrons. The molecule has 0 saturated carbocycles. The van der Waals surface area contributed by atoms with Crippen molar-refractivity contribution in [3.63, 3.8) is 0 Å². The normalized spacial score (nSPS) is 13.1. The monoisotopic (exact) mass is 354 g/mol. The maximum absolute atomic E-state index is 6.38. The first-order valence-corrected chi connectivity index (χ1v) is 8.81. The number of nitrogen functional groups attached to an aromatic ring is 1. The molecule has 2 aromatic carbocycles. The Labute approximate surface area is 149 Å². The van der Waals surface area contributed by atoms with E-state index in [2.05, 4.69) is 33.1 Å². The van der Waals surface area contributed by atoms with Crippen molar-refractivity contribution in [3.05, 3.63) is 65.4 Å². The molecule has 4 rings (SSSR count). The Morgan fingerprint density at radius 2 is 1.83 bits per heavy atom. The van der Waals surface area contributed by atoms with Gasteiger partial charge in [0.05, 0.1) is 0 Å². The summed E-state index contributed by atoms with van der Waals surface area (Å²) in [6.45, 7) is 0.881. The first-order chi connectivity index (χ1) is 11.7. The predicted octanol–water partition coefficient (Wildman–Crippen LogP) is 4.56. The zero-order valence-electron chi connectivity index (χ0n) is 12.8. The van der Waals surface area contributed by atoms with Crippen LogP contribution in [0.5, 0.6) is 0 Å². The highest BCUT2D eigenvalue weighted by molar-refractivity contribution is 7.99. The third kappa shape index (κ3) is 2.81. The second kappa shape index (κ2) is 6.34. The van der Waals surface area contributed by atoms with Gasteiger partial charge in [-0.1, -0.05) is 41.6 Å². The molecule has 1 aliphatic heterocycles. The molecule has 0 bridgehead atoms. The van der Waals surface area contributed by atoms with Gasteiger partial charge in [0.25, 0.3) is 0 Å². The smallest absolute Gasteiger partial charge is 0.160 e. The van der Waals surface area contributed by atoms with Crippen LogP contribution in [-0.4, -0.2) is 16.5 Å². The Morgan fingerprint density at radius 1 is 1.04 bits per heavy atom. The molecular formula is C18H15ClN4S. The van der Waals surface area contributed by atoms with E-state index in [1.807, 2.05) is 30.3 Å². The van der Waals surface area contributed by atoms with Gasteiger partial charge in [-0.3, -0.25) is 0 Å². The number of hydrogen-bond acceptors (Lipinski definition) is 5. The van der Waals surface area contributed by atoms with Crippen molar-refractivity contribution < 1.29 is 0 Å². The van der Waals surface area contributed by atoms with Crippen LogP contribution in [0.4, 0.5) is 17.2 Å². The largest absolute Gasteiger partial charge is 0.394 e. The van der Waals surface area contributed by atoms with Gasteiger partial charge in [-0.2, -0.15) is 0 Å². The standard InChI is InChI=1S/C18H15ClN4S/c19-13-5-7-14(8-6-13)24-18-16(20)17(21-11-22-18)23-10-9-12-3-1-2-4-15(12)23/h1-8,11H,9-10,20H2. The number of halogens is 1. The molecule has 0 spiro atoms. The van der Waals surface area contributed by atoms with Crippen LogP contribution in [0, 0.1) is 0 Å². The Morgan fingerprint density at radius 3 is 2.67 bits per heavy atom. The lowest BCUT2D eigenvalue weighted by Gasteiger charge is -2.20. The maximum Gasteiger partial charge on any atom is 0.160 e. The fraction of sp³-hybridized carbons (Fsp3) is 0.111. The minimum absolute atomic E-state index is 0.606. The minimum atomic E-state index is 0.606. The third-order valence-electron chi connectivity index (χ3n) is 4.00. The highest BCUT2D eigenvalue weighted by atomic mass is 35.5. The average molecular weight is 355 g/mol. The summed E-state index contributed by atoms with van der Waals surface area (Å²) >= 11 is 7.45. The topological polar surface area (TPSA) is 55.0 Å². The van der Waals surface area contributed by atoms with Gasteiger partial charge in [-0.25, -0.2) is 9.97 Å². The van der Waals surface area contributed by atoms with Gasteiger partial charge in [0.2, 0.25) is 0 Å². The van der Waals surface area contributed by atoms with Crippen molar-refractivity contribution in [2.24, 2.45) is 0 Å². The molecule has 2 heterocycles. The summed E-state index contributed by atoms with van der Waals surface area (Å²) in [5.74, 6) is 0.770. The van der Waals surface area contributed by atoms with Gasteiger partial charge in [0, 0.05) is 22.2 Å². The zero-order chi connectivity index (χ0) is 16.5. The van der Waals surface area contributed by atoms with Crippen LogP contribution < -0.4 is 10.6 Å². The van der Waals surface area contributed by atoms with Crippen molar-refractivity contribution in [2.75, 3.05) is 17.2 Å². The number of rotatable bonds is 3. The molecule has 0 aliphatic carbocycles. The third-order valence-corrected chi connectivity index (χ3v) is 5.28. The van der Waals surface area contributed by atoms with Crippen molar-refractivity contribution in [1.29, 1.82) is 0 Å². The minimum Gasteiger partial charge on any atom is -0.394 e. The number of fused-ring (bicyclic) bond motifs is 1. The molecule has 0 saturated heterocycles. The Hall–Kier alpha value is -2.24. The number of nitrogens with zero attached hydrogens (tertiary/aromatic N) is 3. The Kier molecular flexibility index (Phi) is 4.04. The van der Waals surface area contributed by atoms with Crippen molar-refractivity contribution in [1.82, 2.24) is 9.97 Å². The van der Waals surface area contributed by atoms with E-state index in [1.54, 1.807) is 6.33 Å². The molecule has 0 amide bonds. The number of aromatic nitrogens is 2. The zero-order valence-corrected chi connectivity index (χ0v) is 14.4. The molecule has 24 heavy (non-hydrogen) atoms. The molecule has 0 fully saturated rings. The average Bonchev–Trinajstić information content (AvgIpc) is 3.03. The predicted molar refractivity (Wildman–Crippen MR) is 99.2 cm³/mol. The van der Waals surface area contributed by atoms with Crippen molar-refractivity contribution in [2.45, 2.75) is 16.3 Å². The molecular weight excluding hydrogens is 340 g/mol. The van der Waals surface area contributed by atoms with E-state index in [0.717, 1.165) is 28.7 Å². The van der Waals surface area contributed by atoms with Crippen LogP contribution in [0.1, 0.15) is 5.56 Å². The van der Waals surface area contributed by atoms with Gasteiger partial charge in [0.15, 0.2) is 5.82 Å². The lowest BCUT2D eigenvalue weighted by molar-refractivity contribution is 0.948. The first kappa shape index (κ1) is 15.3. The molecule has 120 valence electrons.